The molecule has 0 bridgehead atoms. The van der Waals surface area contributed by atoms with Gasteiger partial charge in [0.05, 0.1) is 11.1 Å². The monoisotopic (exact) mass is 488 g/mol. The number of hydrazone groups is 1. The van der Waals surface area contributed by atoms with Crippen molar-refractivity contribution >= 4 is 52.7 Å². The Kier molecular flexibility index (Phi) is 7.12. The fraction of sp³-hybridized carbons (Fsp3) is 0.0833. The number of rotatable bonds is 8. The molecule has 0 unspecified atom stereocenters. The van der Waals surface area contributed by atoms with Crippen molar-refractivity contribution in [1.82, 2.24) is 15.0 Å². The predicted octanol–water partition coefficient (Wildman–Crippen LogP) is 5.98. The summed E-state index contributed by atoms with van der Waals surface area (Å²) in [6.45, 7) is 4.06. The minimum absolute atomic E-state index is 0.0130. The van der Waals surface area contributed by atoms with Gasteiger partial charge < -0.3 is 10.6 Å². The van der Waals surface area contributed by atoms with Crippen molar-refractivity contribution in [2.24, 2.45) is 5.10 Å². The number of nitro groups is 1. The number of nitro benzene ring substituents is 1. The average molecular weight is 489 g/mol. The molecule has 0 radical (unpaired) electrons. The van der Waals surface area contributed by atoms with Crippen molar-refractivity contribution in [3.63, 3.8) is 0 Å². The van der Waals surface area contributed by atoms with Crippen LogP contribution in [0.15, 0.2) is 71.8 Å². The third kappa shape index (κ3) is 6.49. The van der Waals surface area contributed by atoms with Crippen LogP contribution < -0.4 is 16.1 Å². The summed E-state index contributed by atoms with van der Waals surface area (Å²) in [6, 6.07) is 19.1. The molecule has 1 heterocycles. The normalized spacial score (nSPS) is 10.8. The Balaban J connectivity index is 1.60. The van der Waals surface area contributed by atoms with E-state index in [4.69, 9.17) is 11.6 Å². The molecule has 3 N–H and O–H groups in total. The van der Waals surface area contributed by atoms with Gasteiger partial charge in [0.15, 0.2) is 0 Å². The van der Waals surface area contributed by atoms with Crippen molar-refractivity contribution in [3.05, 3.63) is 98.6 Å². The van der Waals surface area contributed by atoms with Crippen LogP contribution in [0.3, 0.4) is 0 Å². The Hall–Kier alpha value is -4.57. The zero-order valence-corrected chi connectivity index (χ0v) is 19.6. The molecule has 0 fully saturated rings. The molecule has 0 aliphatic heterocycles. The Labute approximate surface area is 206 Å². The smallest absolute Gasteiger partial charge is 0.269 e. The second kappa shape index (κ2) is 10.6. The summed E-state index contributed by atoms with van der Waals surface area (Å²) >= 11 is 6.02. The average Bonchev–Trinajstić information content (AvgIpc) is 2.82. The van der Waals surface area contributed by atoms with E-state index < -0.39 is 4.92 Å². The number of benzene rings is 3. The van der Waals surface area contributed by atoms with Gasteiger partial charge in [0.25, 0.3) is 5.69 Å². The first-order chi connectivity index (χ1) is 16.9. The van der Waals surface area contributed by atoms with Crippen LogP contribution in [0.25, 0.3) is 0 Å². The van der Waals surface area contributed by atoms with Crippen LogP contribution in [0.4, 0.5) is 34.9 Å². The first-order valence-corrected chi connectivity index (χ1v) is 10.9. The highest BCUT2D eigenvalue weighted by Gasteiger charge is 2.10. The number of halogens is 1. The number of nitrogens with one attached hydrogen (secondary N) is 3. The SMILES string of the molecule is Cc1ccc(Nc2nc(NN=Cc3cccc(Cl)c3)nc(Nc3ccc([N+](=O)[O-])cc3)n2)cc1C. The molecule has 1 aromatic heterocycles. The molecule has 0 saturated heterocycles. The largest absolute Gasteiger partial charge is 0.324 e. The fourth-order valence-electron chi connectivity index (χ4n) is 3.03. The third-order valence-corrected chi connectivity index (χ3v) is 5.19. The first-order valence-electron chi connectivity index (χ1n) is 10.5. The number of aryl methyl sites for hydroxylation is 2. The zero-order chi connectivity index (χ0) is 24.8. The standard InChI is InChI=1S/C24H21ClN8O2/c1-15-6-7-20(12-16(15)2)28-23-29-22(27-19-8-10-21(11-9-19)33(34)35)30-24(31-23)32-26-14-17-4-3-5-18(25)13-17/h3-14H,1-2H3,(H3,27,28,29,30,31,32). The Morgan fingerprint density at radius 3 is 2.17 bits per heavy atom. The van der Waals surface area contributed by atoms with Crippen LogP contribution in [0, 0.1) is 24.0 Å². The van der Waals surface area contributed by atoms with Gasteiger partial charge in [-0.3, -0.25) is 10.1 Å². The highest BCUT2D eigenvalue weighted by Crippen LogP contribution is 2.22. The molecule has 0 atom stereocenters. The lowest BCUT2D eigenvalue weighted by molar-refractivity contribution is -0.384. The molecule has 0 spiro atoms. The van der Waals surface area contributed by atoms with Gasteiger partial charge in [-0.05, 0) is 66.9 Å². The van der Waals surface area contributed by atoms with E-state index in [0.717, 1.165) is 16.8 Å². The van der Waals surface area contributed by atoms with Crippen LogP contribution in [0.1, 0.15) is 16.7 Å². The van der Waals surface area contributed by atoms with E-state index in [0.29, 0.717) is 10.7 Å². The number of aromatic nitrogens is 3. The molecule has 0 amide bonds. The van der Waals surface area contributed by atoms with E-state index in [1.165, 1.54) is 17.7 Å². The number of non-ortho nitro benzene ring substituents is 1. The molecule has 0 aliphatic carbocycles. The van der Waals surface area contributed by atoms with E-state index >= 15 is 0 Å². The third-order valence-electron chi connectivity index (χ3n) is 4.96. The molecule has 4 rings (SSSR count). The number of hydrogen-bond acceptors (Lipinski definition) is 9. The van der Waals surface area contributed by atoms with Gasteiger partial charge in [-0.25, -0.2) is 5.43 Å². The summed E-state index contributed by atoms with van der Waals surface area (Å²) in [5, 5.41) is 21.9. The maximum Gasteiger partial charge on any atom is 0.269 e. The van der Waals surface area contributed by atoms with Crippen LogP contribution in [0.5, 0.6) is 0 Å². The van der Waals surface area contributed by atoms with E-state index in [1.807, 2.05) is 44.2 Å². The lowest BCUT2D eigenvalue weighted by Crippen LogP contribution is -2.07. The lowest BCUT2D eigenvalue weighted by atomic mass is 10.1. The quantitative estimate of drug-likeness (QED) is 0.157. The van der Waals surface area contributed by atoms with Crippen LogP contribution in [0.2, 0.25) is 5.02 Å². The van der Waals surface area contributed by atoms with Gasteiger partial charge >= 0.3 is 0 Å². The van der Waals surface area contributed by atoms with Crippen molar-refractivity contribution in [2.45, 2.75) is 13.8 Å². The van der Waals surface area contributed by atoms with Gasteiger partial charge in [-0.2, -0.15) is 20.1 Å². The molecule has 35 heavy (non-hydrogen) atoms. The van der Waals surface area contributed by atoms with Gasteiger partial charge in [-0.15, -0.1) is 0 Å². The Morgan fingerprint density at radius 1 is 0.857 bits per heavy atom. The van der Waals surface area contributed by atoms with Crippen molar-refractivity contribution in [3.8, 4) is 0 Å². The van der Waals surface area contributed by atoms with Crippen LogP contribution >= 0.6 is 11.6 Å². The molecule has 4 aromatic rings. The predicted molar refractivity (Wildman–Crippen MR) is 138 cm³/mol. The fourth-order valence-corrected chi connectivity index (χ4v) is 3.23. The molecular formula is C24H21ClN8O2. The Morgan fingerprint density at radius 2 is 1.51 bits per heavy atom. The van der Waals surface area contributed by atoms with Crippen molar-refractivity contribution in [2.75, 3.05) is 16.1 Å². The van der Waals surface area contributed by atoms with Crippen LogP contribution in [-0.4, -0.2) is 26.1 Å². The maximum atomic E-state index is 10.9. The summed E-state index contributed by atoms with van der Waals surface area (Å²) in [5.41, 5.74) is 7.28. The molecule has 3 aromatic carbocycles. The summed E-state index contributed by atoms with van der Waals surface area (Å²) in [4.78, 5) is 23.6. The lowest BCUT2D eigenvalue weighted by Gasteiger charge is -2.11. The van der Waals surface area contributed by atoms with E-state index in [-0.39, 0.29) is 23.5 Å². The molecule has 10 nitrogen and oxygen atoms in total. The van der Waals surface area contributed by atoms with E-state index in [9.17, 15) is 10.1 Å². The summed E-state index contributed by atoms with van der Waals surface area (Å²) < 4.78 is 0. The maximum absolute atomic E-state index is 10.9. The zero-order valence-electron chi connectivity index (χ0n) is 18.9. The van der Waals surface area contributed by atoms with Gasteiger partial charge in [-0.1, -0.05) is 29.8 Å². The summed E-state index contributed by atoms with van der Waals surface area (Å²) in [5.74, 6) is 0.697. The van der Waals surface area contributed by atoms with Crippen LogP contribution in [-0.2, 0) is 0 Å². The highest BCUT2D eigenvalue weighted by atomic mass is 35.5. The topological polar surface area (TPSA) is 130 Å². The van der Waals surface area contributed by atoms with E-state index in [1.54, 1.807) is 30.5 Å². The molecular weight excluding hydrogens is 468 g/mol. The van der Waals surface area contributed by atoms with Gasteiger partial charge in [0, 0.05) is 28.5 Å². The number of hydrogen-bond donors (Lipinski definition) is 3. The molecule has 0 aliphatic rings. The molecule has 11 heteroatoms. The Bertz CT molecular complexity index is 1390. The molecule has 0 saturated carbocycles. The van der Waals surface area contributed by atoms with Gasteiger partial charge in [0.2, 0.25) is 17.8 Å². The second-order valence-corrected chi connectivity index (χ2v) is 8.02. The van der Waals surface area contributed by atoms with E-state index in [2.05, 4.69) is 36.1 Å². The molecule has 176 valence electrons. The van der Waals surface area contributed by atoms with Gasteiger partial charge in [0.1, 0.15) is 0 Å². The minimum Gasteiger partial charge on any atom is -0.324 e. The first kappa shape index (κ1) is 23.6. The minimum atomic E-state index is -0.460. The number of anilines is 5. The number of nitrogens with zero attached hydrogens (tertiary/aromatic N) is 5. The van der Waals surface area contributed by atoms with Crippen molar-refractivity contribution < 1.29 is 4.92 Å². The van der Waals surface area contributed by atoms with Crippen molar-refractivity contribution in [1.29, 1.82) is 0 Å². The second-order valence-electron chi connectivity index (χ2n) is 7.58. The summed E-state index contributed by atoms with van der Waals surface area (Å²) in [6.07, 6.45) is 1.59. The summed E-state index contributed by atoms with van der Waals surface area (Å²) in [7, 11) is 0. The highest BCUT2D eigenvalue weighted by molar-refractivity contribution is 6.30.